The fourth-order valence-corrected chi connectivity index (χ4v) is 4.96. The molecule has 2 fully saturated rings. The summed E-state index contributed by atoms with van der Waals surface area (Å²) in [6.07, 6.45) is 8.38. The van der Waals surface area contributed by atoms with Crippen molar-refractivity contribution in [2.24, 2.45) is 13.0 Å². The summed E-state index contributed by atoms with van der Waals surface area (Å²) >= 11 is 0. The van der Waals surface area contributed by atoms with E-state index in [0.29, 0.717) is 6.10 Å². The molecule has 0 radical (unpaired) electrons. The minimum atomic E-state index is -0.0498. The lowest BCUT2D eigenvalue weighted by Gasteiger charge is -2.33. The highest BCUT2D eigenvalue weighted by Crippen LogP contribution is 2.32. The Morgan fingerprint density at radius 1 is 1.19 bits per heavy atom. The van der Waals surface area contributed by atoms with E-state index >= 15 is 0 Å². The minimum absolute atomic E-state index is 0.0498. The summed E-state index contributed by atoms with van der Waals surface area (Å²) in [7, 11) is 1.88. The molecule has 1 aliphatic carbocycles. The first kappa shape index (κ1) is 18.9. The van der Waals surface area contributed by atoms with Crippen molar-refractivity contribution in [3.8, 4) is 0 Å². The molecule has 2 aliphatic heterocycles. The summed E-state index contributed by atoms with van der Waals surface area (Å²) in [5.74, 6) is 0.874. The van der Waals surface area contributed by atoms with Crippen LogP contribution in [0.15, 0.2) is 0 Å². The van der Waals surface area contributed by atoms with E-state index in [2.05, 4.69) is 12.0 Å². The van der Waals surface area contributed by atoms with Gasteiger partial charge in [-0.2, -0.15) is 5.10 Å². The van der Waals surface area contributed by atoms with Crippen LogP contribution in [0.5, 0.6) is 0 Å². The number of rotatable bonds is 4. The molecule has 3 aliphatic rings. The lowest BCUT2D eigenvalue weighted by molar-refractivity contribution is -0.00800. The van der Waals surface area contributed by atoms with Crippen LogP contribution < -0.4 is 0 Å². The quantitative estimate of drug-likeness (QED) is 0.811. The van der Waals surface area contributed by atoms with Crippen LogP contribution in [0.25, 0.3) is 0 Å². The van der Waals surface area contributed by atoms with Gasteiger partial charge in [-0.15, -0.1) is 0 Å². The van der Waals surface area contributed by atoms with E-state index in [4.69, 9.17) is 9.47 Å². The first-order chi connectivity index (χ1) is 13.0. The number of likely N-dealkylation sites (tertiary alicyclic amines) is 1. The van der Waals surface area contributed by atoms with Crippen molar-refractivity contribution in [3.05, 3.63) is 17.0 Å². The van der Waals surface area contributed by atoms with Gasteiger partial charge in [-0.1, -0.05) is 12.8 Å². The molecule has 2 atom stereocenters. The van der Waals surface area contributed by atoms with E-state index in [9.17, 15) is 4.79 Å². The molecule has 150 valence electrons. The smallest absolute Gasteiger partial charge is 0.272 e. The fourth-order valence-electron chi connectivity index (χ4n) is 4.96. The maximum absolute atomic E-state index is 13.2. The van der Waals surface area contributed by atoms with Crippen molar-refractivity contribution < 1.29 is 14.3 Å². The van der Waals surface area contributed by atoms with Crippen molar-refractivity contribution in [3.63, 3.8) is 0 Å². The molecule has 6 nitrogen and oxygen atoms in total. The number of aromatic nitrogens is 2. The summed E-state index contributed by atoms with van der Waals surface area (Å²) in [6.45, 7) is 6.53. The summed E-state index contributed by atoms with van der Waals surface area (Å²) in [6, 6.07) is 0. The zero-order chi connectivity index (χ0) is 19.0. The van der Waals surface area contributed by atoms with Gasteiger partial charge in [0.25, 0.3) is 5.91 Å². The molecule has 1 aromatic rings. The highest BCUT2D eigenvalue weighted by Gasteiger charge is 2.34. The monoisotopic (exact) mass is 375 g/mol. The number of carbonyl (C=O) groups is 1. The molecular weight excluding hydrogens is 342 g/mol. The Balaban J connectivity index is 1.37. The number of ether oxygens (including phenoxy) is 2. The summed E-state index contributed by atoms with van der Waals surface area (Å²) in [4.78, 5) is 15.2. The molecule has 27 heavy (non-hydrogen) atoms. The maximum atomic E-state index is 13.2. The molecule has 1 amide bonds. The Bertz CT molecular complexity index is 672. The van der Waals surface area contributed by atoms with Gasteiger partial charge in [0, 0.05) is 38.7 Å². The standard InChI is InChI=1S/C21H33N3O3/c1-14-12-18-19(15(2)27-14)22-23(3)20(18)21(25)24-10-8-17(9-11-24)26-13-16-6-4-5-7-16/h14-17H,4-13H2,1-3H3/t14-,15+/m1/s1. The number of fused-ring (bicyclic) bond motifs is 1. The van der Waals surface area contributed by atoms with Gasteiger partial charge in [-0.25, -0.2) is 0 Å². The first-order valence-corrected chi connectivity index (χ1v) is 10.6. The topological polar surface area (TPSA) is 56.6 Å². The van der Waals surface area contributed by atoms with Gasteiger partial charge >= 0.3 is 0 Å². The van der Waals surface area contributed by atoms with Gasteiger partial charge in [0.1, 0.15) is 5.69 Å². The van der Waals surface area contributed by atoms with Crippen LogP contribution in [0.3, 0.4) is 0 Å². The van der Waals surface area contributed by atoms with Crippen molar-refractivity contribution in [2.45, 2.75) is 77.1 Å². The lowest BCUT2D eigenvalue weighted by Crippen LogP contribution is -2.42. The zero-order valence-corrected chi connectivity index (χ0v) is 16.9. The highest BCUT2D eigenvalue weighted by atomic mass is 16.5. The number of carbonyl (C=O) groups excluding carboxylic acids is 1. The number of hydrogen-bond donors (Lipinski definition) is 0. The van der Waals surface area contributed by atoms with Crippen LogP contribution in [0.1, 0.15) is 80.2 Å². The molecule has 6 heteroatoms. The minimum Gasteiger partial charge on any atom is -0.378 e. The molecule has 0 bridgehead atoms. The molecule has 1 aromatic heterocycles. The Labute approximate surface area is 162 Å². The van der Waals surface area contributed by atoms with E-state index in [1.165, 1.54) is 25.7 Å². The summed E-state index contributed by atoms with van der Waals surface area (Å²) < 4.78 is 13.8. The third-order valence-electron chi connectivity index (χ3n) is 6.46. The summed E-state index contributed by atoms with van der Waals surface area (Å²) in [5.41, 5.74) is 2.75. The number of piperidine rings is 1. The first-order valence-electron chi connectivity index (χ1n) is 10.6. The van der Waals surface area contributed by atoms with E-state index in [1.807, 2.05) is 18.9 Å². The normalized spacial score (nSPS) is 27.1. The number of amides is 1. The number of hydrogen-bond acceptors (Lipinski definition) is 4. The van der Waals surface area contributed by atoms with Crippen molar-refractivity contribution in [1.29, 1.82) is 0 Å². The van der Waals surface area contributed by atoms with Crippen LogP contribution in [0, 0.1) is 5.92 Å². The third kappa shape index (κ3) is 3.92. The van der Waals surface area contributed by atoms with Crippen molar-refractivity contribution in [2.75, 3.05) is 19.7 Å². The van der Waals surface area contributed by atoms with Crippen LogP contribution in [0.2, 0.25) is 0 Å². The molecule has 3 heterocycles. The second-order valence-corrected chi connectivity index (χ2v) is 8.60. The van der Waals surface area contributed by atoms with E-state index in [1.54, 1.807) is 4.68 Å². The number of aryl methyl sites for hydroxylation is 1. The molecule has 1 saturated heterocycles. The van der Waals surface area contributed by atoms with Crippen LogP contribution in [0.4, 0.5) is 0 Å². The van der Waals surface area contributed by atoms with E-state index < -0.39 is 0 Å². The van der Waals surface area contributed by atoms with Gasteiger partial charge in [0.2, 0.25) is 0 Å². The maximum Gasteiger partial charge on any atom is 0.272 e. The van der Waals surface area contributed by atoms with E-state index in [0.717, 1.165) is 61.8 Å². The van der Waals surface area contributed by atoms with Crippen molar-refractivity contribution >= 4 is 5.91 Å². The number of nitrogens with zero attached hydrogens (tertiary/aromatic N) is 3. The Morgan fingerprint density at radius 2 is 1.89 bits per heavy atom. The van der Waals surface area contributed by atoms with Gasteiger partial charge < -0.3 is 14.4 Å². The lowest BCUT2D eigenvalue weighted by atomic mass is 9.98. The van der Waals surface area contributed by atoms with Gasteiger partial charge in [0.15, 0.2) is 0 Å². The molecular formula is C21H33N3O3. The zero-order valence-electron chi connectivity index (χ0n) is 16.9. The van der Waals surface area contributed by atoms with Gasteiger partial charge in [-0.05, 0) is 45.4 Å². The van der Waals surface area contributed by atoms with Gasteiger partial charge in [-0.3, -0.25) is 9.48 Å². The molecule has 0 aromatic carbocycles. The molecule has 0 unspecified atom stereocenters. The van der Waals surface area contributed by atoms with Crippen LogP contribution >= 0.6 is 0 Å². The molecule has 1 saturated carbocycles. The predicted octanol–water partition coefficient (Wildman–Crippen LogP) is 3.25. The molecule has 0 spiro atoms. The average Bonchev–Trinajstić information content (AvgIpc) is 3.27. The van der Waals surface area contributed by atoms with Crippen LogP contribution in [-0.2, 0) is 22.9 Å². The molecule has 4 rings (SSSR count). The molecule has 0 N–H and O–H groups in total. The van der Waals surface area contributed by atoms with Crippen LogP contribution in [-0.4, -0.2) is 52.5 Å². The predicted molar refractivity (Wildman–Crippen MR) is 103 cm³/mol. The average molecular weight is 376 g/mol. The second kappa shape index (κ2) is 7.92. The second-order valence-electron chi connectivity index (χ2n) is 8.60. The highest BCUT2D eigenvalue weighted by molar-refractivity contribution is 5.94. The third-order valence-corrected chi connectivity index (χ3v) is 6.46. The summed E-state index contributed by atoms with van der Waals surface area (Å²) in [5, 5.41) is 4.59. The van der Waals surface area contributed by atoms with Gasteiger partial charge in [0.05, 0.1) is 24.0 Å². The Hall–Kier alpha value is -1.40. The largest absolute Gasteiger partial charge is 0.378 e. The van der Waals surface area contributed by atoms with Crippen molar-refractivity contribution in [1.82, 2.24) is 14.7 Å². The Morgan fingerprint density at radius 3 is 2.59 bits per heavy atom. The fraction of sp³-hybridized carbons (Fsp3) is 0.810. The Kier molecular flexibility index (Phi) is 5.55. The SMILES string of the molecule is C[C@@H]1Cc2c(nn(C)c2C(=O)N2CCC(OCC3CCCC3)CC2)[C@H](C)O1. The van der Waals surface area contributed by atoms with E-state index in [-0.39, 0.29) is 18.1 Å².